The van der Waals surface area contributed by atoms with Crippen LogP contribution in [0.2, 0.25) is 0 Å². The molecule has 1 aliphatic rings. The SMILES string of the molecule is CCOc1cc(C2CC(=O)Nc3ncnn32)ccc1OCc1cccc(C)c1. The number of rotatable bonds is 6. The molecule has 1 N–H and O–H groups in total. The van der Waals surface area contributed by atoms with Gasteiger partial charge in [-0.2, -0.15) is 10.1 Å². The molecule has 0 radical (unpaired) electrons. The van der Waals surface area contributed by atoms with E-state index in [4.69, 9.17) is 9.47 Å². The fourth-order valence-electron chi connectivity index (χ4n) is 3.35. The molecule has 0 fully saturated rings. The highest BCUT2D eigenvalue weighted by molar-refractivity contribution is 5.91. The van der Waals surface area contributed by atoms with Crippen LogP contribution in [0.5, 0.6) is 11.5 Å². The standard InChI is InChI=1S/C21H22N4O3/c1-3-27-19-10-16(17-11-20(26)24-21-22-13-23-25(17)21)7-8-18(19)28-12-15-6-4-5-14(2)9-15/h4-10,13,17H,3,11-12H2,1-2H3,(H,22,23,24,26). The molecule has 0 spiro atoms. The number of nitrogens with zero attached hydrogens (tertiary/aromatic N) is 3. The zero-order chi connectivity index (χ0) is 19.5. The van der Waals surface area contributed by atoms with Crippen LogP contribution in [0.15, 0.2) is 48.8 Å². The molecule has 1 aliphatic heterocycles. The Kier molecular flexibility index (Phi) is 4.97. The highest BCUT2D eigenvalue weighted by Gasteiger charge is 2.28. The lowest BCUT2D eigenvalue weighted by molar-refractivity contribution is -0.117. The van der Waals surface area contributed by atoms with Gasteiger partial charge in [-0.05, 0) is 37.1 Å². The maximum absolute atomic E-state index is 12.0. The minimum absolute atomic E-state index is 0.0803. The lowest BCUT2D eigenvalue weighted by atomic mass is 10.0. The quantitative estimate of drug-likeness (QED) is 0.710. The van der Waals surface area contributed by atoms with Crippen LogP contribution < -0.4 is 14.8 Å². The Morgan fingerprint density at radius 2 is 2.07 bits per heavy atom. The maximum atomic E-state index is 12.0. The predicted octanol–water partition coefficient (Wildman–Crippen LogP) is 3.50. The first-order valence-corrected chi connectivity index (χ1v) is 9.28. The average Bonchev–Trinajstić information content (AvgIpc) is 3.15. The van der Waals surface area contributed by atoms with E-state index in [0.29, 0.717) is 37.1 Å². The second kappa shape index (κ2) is 7.72. The lowest BCUT2D eigenvalue weighted by Crippen LogP contribution is -2.29. The summed E-state index contributed by atoms with van der Waals surface area (Å²) in [4.78, 5) is 16.1. The van der Waals surface area contributed by atoms with Crippen LogP contribution in [0, 0.1) is 6.92 Å². The summed E-state index contributed by atoms with van der Waals surface area (Å²) in [6.45, 7) is 4.97. The molecule has 3 aromatic rings. The largest absolute Gasteiger partial charge is 0.490 e. The van der Waals surface area contributed by atoms with Crippen LogP contribution in [0.25, 0.3) is 0 Å². The summed E-state index contributed by atoms with van der Waals surface area (Å²) in [7, 11) is 0. The fraction of sp³-hybridized carbons (Fsp3) is 0.286. The molecule has 1 atom stereocenters. The minimum atomic E-state index is -0.226. The molecule has 2 aromatic carbocycles. The second-order valence-electron chi connectivity index (χ2n) is 6.71. The number of ether oxygens (including phenoxy) is 2. The summed E-state index contributed by atoms with van der Waals surface area (Å²) in [6, 6.07) is 13.7. The van der Waals surface area contributed by atoms with Crippen molar-refractivity contribution in [3.63, 3.8) is 0 Å². The third kappa shape index (κ3) is 3.69. The van der Waals surface area contributed by atoms with Crippen molar-refractivity contribution in [1.29, 1.82) is 0 Å². The molecule has 1 amide bonds. The number of fused-ring (bicyclic) bond motifs is 1. The third-order valence-electron chi connectivity index (χ3n) is 4.63. The summed E-state index contributed by atoms with van der Waals surface area (Å²) in [5.41, 5.74) is 3.22. The Morgan fingerprint density at radius 3 is 2.89 bits per heavy atom. The van der Waals surface area contributed by atoms with Gasteiger partial charge in [0.05, 0.1) is 19.1 Å². The van der Waals surface area contributed by atoms with Gasteiger partial charge in [-0.1, -0.05) is 35.9 Å². The van der Waals surface area contributed by atoms with Crippen molar-refractivity contribution in [3.05, 3.63) is 65.5 Å². The van der Waals surface area contributed by atoms with Crippen molar-refractivity contribution in [2.75, 3.05) is 11.9 Å². The number of aromatic nitrogens is 3. The first-order chi connectivity index (χ1) is 13.6. The van der Waals surface area contributed by atoms with Gasteiger partial charge in [0.2, 0.25) is 11.9 Å². The van der Waals surface area contributed by atoms with E-state index in [9.17, 15) is 4.79 Å². The lowest BCUT2D eigenvalue weighted by Gasteiger charge is -2.24. The van der Waals surface area contributed by atoms with Crippen molar-refractivity contribution in [3.8, 4) is 11.5 Å². The van der Waals surface area contributed by atoms with Gasteiger partial charge in [0.1, 0.15) is 12.9 Å². The van der Waals surface area contributed by atoms with Crippen LogP contribution in [-0.2, 0) is 11.4 Å². The summed E-state index contributed by atoms with van der Waals surface area (Å²) in [6.07, 6.45) is 1.74. The summed E-state index contributed by atoms with van der Waals surface area (Å²) in [5.74, 6) is 1.70. The predicted molar refractivity (Wildman–Crippen MR) is 105 cm³/mol. The van der Waals surface area contributed by atoms with Gasteiger partial charge in [-0.25, -0.2) is 4.68 Å². The number of carbonyl (C=O) groups is 1. The van der Waals surface area contributed by atoms with Gasteiger partial charge < -0.3 is 9.47 Å². The van der Waals surface area contributed by atoms with Crippen LogP contribution in [-0.4, -0.2) is 27.3 Å². The number of hydrogen-bond donors (Lipinski definition) is 1. The van der Waals surface area contributed by atoms with Gasteiger partial charge >= 0.3 is 0 Å². The Labute approximate surface area is 163 Å². The van der Waals surface area contributed by atoms with Crippen molar-refractivity contribution < 1.29 is 14.3 Å². The number of anilines is 1. The van der Waals surface area contributed by atoms with Crippen LogP contribution in [0.1, 0.15) is 36.1 Å². The van der Waals surface area contributed by atoms with Crippen molar-refractivity contribution in [2.24, 2.45) is 0 Å². The van der Waals surface area contributed by atoms with E-state index in [0.717, 1.165) is 11.1 Å². The Morgan fingerprint density at radius 1 is 1.18 bits per heavy atom. The van der Waals surface area contributed by atoms with Gasteiger partial charge in [-0.3, -0.25) is 10.1 Å². The van der Waals surface area contributed by atoms with Gasteiger partial charge in [0, 0.05) is 0 Å². The van der Waals surface area contributed by atoms with E-state index < -0.39 is 0 Å². The normalized spacial score (nSPS) is 15.6. The molecule has 2 heterocycles. The summed E-state index contributed by atoms with van der Waals surface area (Å²) >= 11 is 0. The van der Waals surface area contributed by atoms with Crippen molar-refractivity contribution in [1.82, 2.24) is 14.8 Å². The molecule has 7 nitrogen and oxygen atoms in total. The van der Waals surface area contributed by atoms with E-state index in [1.807, 2.05) is 37.3 Å². The molecule has 0 saturated carbocycles. The molecule has 1 unspecified atom stereocenters. The third-order valence-corrected chi connectivity index (χ3v) is 4.63. The van der Waals surface area contributed by atoms with E-state index >= 15 is 0 Å². The molecule has 0 bridgehead atoms. The number of carbonyl (C=O) groups excluding carboxylic acids is 1. The van der Waals surface area contributed by atoms with Gasteiger partial charge in [0.15, 0.2) is 11.5 Å². The molecule has 28 heavy (non-hydrogen) atoms. The van der Waals surface area contributed by atoms with E-state index in [1.165, 1.54) is 11.9 Å². The Hall–Kier alpha value is -3.35. The molecule has 0 aliphatic carbocycles. The van der Waals surface area contributed by atoms with Crippen LogP contribution in [0.3, 0.4) is 0 Å². The first kappa shape index (κ1) is 18.0. The molecule has 1 aromatic heterocycles. The van der Waals surface area contributed by atoms with E-state index in [2.05, 4.69) is 34.5 Å². The number of nitrogens with one attached hydrogen (secondary N) is 1. The highest BCUT2D eigenvalue weighted by Crippen LogP contribution is 2.35. The molecule has 4 rings (SSSR count). The summed E-state index contributed by atoms with van der Waals surface area (Å²) < 4.78 is 13.5. The van der Waals surface area contributed by atoms with Gasteiger partial charge in [-0.15, -0.1) is 0 Å². The molecular weight excluding hydrogens is 356 g/mol. The number of benzene rings is 2. The fourth-order valence-corrected chi connectivity index (χ4v) is 3.35. The van der Waals surface area contributed by atoms with Crippen molar-refractivity contribution >= 4 is 11.9 Å². The minimum Gasteiger partial charge on any atom is -0.490 e. The average molecular weight is 378 g/mol. The van der Waals surface area contributed by atoms with Gasteiger partial charge in [0.25, 0.3) is 0 Å². The van der Waals surface area contributed by atoms with Crippen molar-refractivity contribution in [2.45, 2.75) is 32.9 Å². The topological polar surface area (TPSA) is 78.3 Å². The van der Waals surface area contributed by atoms with Crippen LogP contribution >= 0.6 is 0 Å². The summed E-state index contributed by atoms with van der Waals surface area (Å²) in [5, 5.41) is 6.98. The second-order valence-corrected chi connectivity index (χ2v) is 6.71. The maximum Gasteiger partial charge on any atom is 0.229 e. The van der Waals surface area contributed by atoms with Crippen LogP contribution in [0.4, 0.5) is 5.95 Å². The number of hydrogen-bond acceptors (Lipinski definition) is 5. The molecule has 7 heteroatoms. The zero-order valence-corrected chi connectivity index (χ0v) is 15.9. The molecule has 144 valence electrons. The van der Waals surface area contributed by atoms with E-state index in [-0.39, 0.29) is 11.9 Å². The Balaban J connectivity index is 1.60. The highest BCUT2D eigenvalue weighted by atomic mass is 16.5. The molecule has 0 saturated heterocycles. The number of aryl methyl sites for hydroxylation is 1. The monoisotopic (exact) mass is 378 g/mol. The number of amides is 1. The Bertz CT molecular complexity index is 999. The zero-order valence-electron chi connectivity index (χ0n) is 15.9. The molecular formula is C21H22N4O3. The van der Waals surface area contributed by atoms with E-state index in [1.54, 1.807) is 4.68 Å². The first-order valence-electron chi connectivity index (χ1n) is 9.28. The smallest absolute Gasteiger partial charge is 0.229 e.